The van der Waals surface area contributed by atoms with Gasteiger partial charge in [-0.05, 0) is 26.8 Å². The molecule has 1 N–H and O–H groups in total. The van der Waals surface area contributed by atoms with Crippen LogP contribution in [0.2, 0.25) is 0 Å². The number of nitrogens with one attached hydrogen (secondary N) is 1. The van der Waals surface area contributed by atoms with Crippen LogP contribution in [-0.2, 0) is 4.79 Å². The van der Waals surface area contributed by atoms with E-state index in [1.165, 1.54) is 6.07 Å². The van der Waals surface area contributed by atoms with E-state index in [1.807, 2.05) is 13.8 Å². The Hall–Kier alpha value is -2.37. The molecule has 0 aliphatic heterocycles. The van der Waals surface area contributed by atoms with Crippen LogP contribution in [-0.4, -0.2) is 35.4 Å². The molecule has 0 radical (unpaired) electrons. The first-order chi connectivity index (χ1) is 9.86. The maximum absolute atomic E-state index is 12.1. The van der Waals surface area contributed by atoms with Gasteiger partial charge in [-0.15, -0.1) is 0 Å². The number of carbonyl (C=O) groups is 1. The normalized spacial score (nSPS) is 10.0. The van der Waals surface area contributed by atoms with Crippen molar-refractivity contribution in [2.45, 2.75) is 20.8 Å². The molecule has 0 heterocycles. The molecule has 0 bridgehead atoms. The Morgan fingerprint density at radius 3 is 2.67 bits per heavy atom. The first kappa shape index (κ1) is 16.7. The summed E-state index contributed by atoms with van der Waals surface area (Å²) in [6, 6.07) is 4.77. The number of likely N-dealkylation sites (N-methyl/N-ethyl adjacent to an activating group) is 1. The highest BCUT2D eigenvalue weighted by Gasteiger charge is 2.15. The number of nitro benzene ring substituents is 1. The van der Waals surface area contributed by atoms with Gasteiger partial charge in [0.25, 0.3) is 5.69 Å². The molecule has 0 spiro atoms. The fourth-order valence-electron chi connectivity index (χ4n) is 2.00. The summed E-state index contributed by atoms with van der Waals surface area (Å²) in [5.41, 5.74) is 2.08. The van der Waals surface area contributed by atoms with Crippen LogP contribution in [0.15, 0.2) is 30.4 Å². The van der Waals surface area contributed by atoms with Crippen molar-refractivity contribution in [3.63, 3.8) is 0 Å². The predicted molar refractivity (Wildman–Crippen MR) is 83.4 cm³/mol. The highest BCUT2D eigenvalue weighted by molar-refractivity contribution is 5.81. The van der Waals surface area contributed by atoms with E-state index in [1.54, 1.807) is 24.0 Å². The molecular formula is C15H21N3O3. The summed E-state index contributed by atoms with van der Waals surface area (Å²) < 4.78 is 0. The fraction of sp³-hybridized carbons (Fsp3) is 0.400. The SMILES string of the molecule is C=C(C)CN(CC)C(=O)CNc1cccc([N+](=O)[O-])c1C. The molecule has 6 nitrogen and oxygen atoms in total. The van der Waals surface area contributed by atoms with Crippen molar-refractivity contribution in [1.29, 1.82) is 0 Å². The summed E-state index contributed by atoms with van der Waals surface area (Å²) in [6.45, 7) is 10.5. The van der Waals surface area contributed by atoms with Crippen molar-refractivity contribution in [1.82, 2.24) is 4.90 Å². The Morgan fingerprint density at radius 2 is 2.14 bits per heavy atom. The number of hydrogen-bond donors (Lipinski definition) is 1. The predicted octanol–water partition coefficient (Wildman–Crippen LogP) is 2.74. The molecule has 0 saturated carbocycles. The number of nitro groups is 1. The third kappa shape index (κ3) is 4.59. The van der Waals surface area contributed by atoms with Crippen molar-refractivity contribution in [3.05, 3.63) is 46.0 Å². The van der Waals surface area contributed by atoms with Gasteiger partial charge in [-0.1, -0.05) is 18.2 Å². The summed E-state index contributed by atoms with van der Waals surface area (Å²) in [5.74, 6) is -0.0635. The lowest BCUT2D eigenvalue weighted by molar-refractivity contribution is -0.385. The second-order valence-electron chi connectivity index (χ2n) is 4.93. The minimum absolute atomic E-state index is 0.0433. The number of benzene rings is 1. The van der Waals surface area contributed by atoms with Gasteiger partial charge in [-0.3, -0.25) is 14.9 Å². The Labute approximate surface area is 124 Å². The molecule has 0 unspecified atom stereocenters. The number of anilines is 1. The minimum Gasteiger partial charge on any atom is -0.376 e. The lowest BCUT2D eigenvalue weighted by atomic mass is 10.1. The van der Waals surface area contributed by atoms with Crippen molar-refractivity contribution in [3.8, 4) is 0 Å². The number of amides is 1. The Kier molecular flexibility index (Phi) is 5.90. The lowest BCUT2D eigenvalue weighted by Crippen LogP contribution is -2.36. The van der Waals surface area contributed by atoms with E-state index >= 15 is 0 Å². The highest BCUT2D eigenvalue weighted by atomic mass is 16.6. The topological polar surface area (TPSA) is 75.5 Å². The van der Waals surface area contributed by atoms with Crippen molar-refractivity contribution in [2.24, 2.45) is 0 Å². The monoisotopic (exact) mass is 291 g/mol. The van der Waals surface area contributed by atoms with E-state index in [0.717, 1.165) is 5.57 Å². The largest absolute Gasteiger partial charge is 0.376 e. The Morgan fingerprint density at radius 1 is 1.48 bits per heavy atom. The van der Waals surface area contributed by atoms with E-state index < -0.39 is 4.92 Å². The van der Waals surface area contributed by atoms with Crippen LogP contribution in [0.4, 0.5) is 11.4 Å². The van der Waals surface area contributed by atoms with Crippen molar-refractivity contribution in [2.75, 3.05) is 25.0 Å². The molecule has 6 heteroatoms. The number of carbonyl (C=O) groups excluding carboxylic acids is 1. The van der Waals surface area contributed by atoms with E-state index in [-0.39, 0.29) is 18.1 Å². The van der Waals surface area contributed by atoms with Crippen molar-refractivity contribution >= 4 is 17.3 Å². The first-order valence-corrected chi connectivity index (χ1v) is 6.76. The molecule has 21 heavy (non-hydrogen) atoms. The zero-order valence-corrected chi connectivity index (χ0v) is 12.7. The maximum Gasteiger partial charge on any atom is 0.274 e. The highest BCUT2D eigenvalue weighted by Crippen LogP contribution is 2.24. The van der Waals surface area contributed by atoms with Gasteiger partial charge in [-0.2, -0.15) is 0 Å². The number of nitrogens with zero attached hydrogens (tertiary/aromatic N) is 2. The van der Waals surface area contributed by atoms with Gasteiger partial charge in [0.15, 0.2) is 0 Å². The number of hydrogen-bond acceptors (Lipinski definition) is 4. The second kappa shape index (κ2) is 7.42. The maximum atomic E-state index is 12.1. The van der Waals surface area contributed by atoms with E-state index in [4.69, 9.17) is 0 Å². The van der Waals surface area contributed by atoms with E-state index in [0.29, 0.717) is 24.3 Å². The summed E-state index contributed by atoms with van der Waals surface area (Å²) in [7, 11) is 0. The van der Waals surface area contributed by atoms with Crippen LogP contribution in [0, 0.1) is 17.0 Å². The van der Waals surface area contributed by atoms with Crippen LogP contribution in [0.25, 0.3) is 0 Å². The smallest absolute Gasteiger partial charge is 0.274 e. The van der Waals surface area contributed by atoms with Gasteiger partial charge in [-0.25, -0.2) is 0 Å². The molecule has 0 atom stereocenters. The molecule has 0 saturated heterocycles. The standard InChI is InChI=1S/C15H21N3O3/c1-5-17(10-11(2)3)15(19)9-16-13-7-6-8-14(12(13)4)18(20)21/h6-8,16H,2,5,9-10H2,1,3-4H3. The van der Waals surface area contributed by atoms with Crippen molar-refractivity contribution < 1.29 is 9.72 Å². The minimum atomic E-state index is -0.429. The van der Waals surface area contributed by atoms with Gasteiger partial charge < -0.3 is 10.2 Å². The third-order valence-electron chi connectivity index (χ3n) is 3.13. The molecule has 114 valence electrons. The molecule has 1 rings (SSSR count). The Balaban J connectivity index is 2.75. The van der Waals surface area contributed by atoms with Crippen LogP contribution in [0.1, 0.15) is 19.4 Å². The van der Waals surface area contributed by atoms with E-state index in [2.05, 4.69) is 11.9 Å². The van der Waals surface area contributed by atoms with Crippen LogP contribution >= 0.6 is 0 Å². The van der Waals surface area contributed by atoms with E-state index in [9.17, 15) is 14.9 Å². The van der Waals surface area contributed by atoms with Gasteiger partial charge in [0.1, 0.15) is 0 Å². The second-order valence-corrected chi connectivity index (χ2v) is 4.93. The average Bonchev–Trinajstić information content (AvgIpc) is 2.42. The molecule has 1 amide bonds. The van der Waals surface area contributed by atoms with Gasteiger partial charge >= 0.3 is 0 Å². The molecule has 1 aromatic carbocycles. The van der Waals surface area contributed by atoms with Crippen LogP contribution < -0.4 is 5.32 Å². The summed E-state index contributed by atoms with van der Waals surface area (Å²) in [5, 5.41) is 13.9. The molecule has 0 fully saturated rings. The summed E-state index contributed by atoms with van der Waals surface area (Å²) in [6.07, 6.45) is 0. The van der Waals surface area contributed by atoms with Gasteiger partial charge in [0.2, 0.25) is 5.91 Å². The zero-order chi connectivity index (χ0) is 16.0. The average molecular weight is 291 g/mol. The molecule has 1 aromatic rings. The fourth-order valence-corrected chi connectivity index (χ4v) is 2.00. The zero-order valence-electron chi connectivity index (χ0n) is 12.7. The first-order valence-electron chi connectivity index (χ1n) is 6.76. The molecule has 0 aliphatic carbocycles. The Bertz CT molecular complexity index is 555. The third-order valence-corrected chi connectivity index (χ3v) is 3.13. The molecule has 0 aliphatic rings. The lowest BCUT2D eigenvalue weighted by Gasteiger charge is -2.21. The quantitative estimate of drug-likeness (QED) is 0.476. The summed E-state index contributed by atoms with van der Waals surface area (Å²) >= 11 is 0. The number of rotatable bonds is 7. The van der Waals surface area contributed by atoms with Gasteiger partial charge in [0, 0.05) is 30.4 Å². The molecular weight excluding hydrogens is 270 g/mol. The summed E-state index contributed by atoms with van der Waals surface area (Å²) in [4.78, 5) is 24.2. The molecule has 0 aromatic heterocycles. The van der Waals surface area contributed by atoms with Crippen LogP contribution in [0.5, 0.6) is 0 Å². The van der Waals surface area contributed by atoms with Crippen LogP contribution in [0.3, 0.4) is 0 Å². The van der Waals surface area contributed by atoms with Gasteiger partial charge in [0.05, 0.1) is 11.5 Å².